The predicted molar refractivity (Wildman–Crippen MR) is 112 cm³/mol. The third-order valence-electron chi connectivity index (χ3n) is 6.00. The van der Waals surface area contributed by atoms with Gasteiger partial charge in [-0.25, -0.2) is 19.9 Å². The number of aliphatic hydroxyl groups is 2. The van der Waals surface area contributed by atoms with E-state index >= 15 is 0 Å². The van der Waals surface area contributed by atoms with Crippen molar-refractivity contribution in [3.05, 3.63) is 67.3 Å². The Morgan fingerprint density at radius 2 is 1.94 bits per heavy atom. The average Bonchev–Trinajstić information content (AvgIpc) is 3.51. The number of aromatic nitrogens is 6. The first kappa shape index (κ1) is 18.4. The molecule has 0 spiro atoms. The van der Waals surface area contributed by atoms with Gasteiger partial charge in [0.05, 0.1) is 11.6 Å². The van der Waals surface area contributed by atoms with Gasteiger partial charge >= 0.3 is 0 Å². The Bertz CT molecular complexity index is 1400. The summed E-state index contributed by atoms with van der Waals surface area (Å²) in [5.41, 5.74) is 3.50. The summed E-state index contributed by atoms with van der Waals surface area (Å²) in [6.07, 6.45) is 8.40. The van der Waals surface area contributed by atoms with Crippen LogP contribution in [0.3, 0.4) is 0 Å². The molecule has 156 valence electrons. The van der Waals surface area contributed by atoms with Crippen LogP contribution in [-0.4, -0.2) is 57.4 Å². The third kappa shape index (κ3) is 2.97. The van der Waals surface area contributed by atoms with Crippen LogP contribution in [0.5, 0.6) is 0 Å². The topological polar surface area (TPSA) is 111 Å². The van der Waals surface area contributed by atoms with Gasteiger partial charge in [-0.05, 0) is 36.6 Å². The van der Waals surface area contributed by atoms with Crippen molar-refractivity contribution in [1.29, 1.82) is 0 Å². The third-order valence-corrected chi connectivity index (χ3v) is 6.00. The summed E-state index contributed by atoms with van der Waals surface area (Å²) >= 11 is 0. The van der Waals surface area contributed by atoms with Crippen LogP contribution in [0.15, 0.2) is 61.7 Å². The largest absolute Gasteiger partial charge is 0.388 e. The van der Waals surface area contributed by atoms with Crippen molar-refractivity contribution in [2.24, 2.45) is 0 Å². The molecule has 4 atom stereocenters. The monoisotopic (exact) mass is 416 g/mol. The molecule has 0 amide bonds. The van der Waals surface area contributed by atoms with Crippen molar-refractivity contribution in [2.75, 3.05) is 0 Å². The van der Waals surface area contributed by atoms with E-state index in [4.69, 9.17) is 4.74 Å². The van der Waals surface area contributed by atoms with Gasteiger partial charge in [0.1, 0.15) is 36.2 Å². The van der Waals surface area contributed by atoms with Crippen LogP contribution >= 0.6 is 0 Å². The van der Waals surface area contributed by atoms with Gasteiger partial charge in [-0.15, -0.1) is 0 Å². The van der Waals surface area contributed by atoms with E-state index in [1.165, 1.54) is 6.33 Å². The lowest BCUT2D eigenvalue weighted by Gasteiger charge is -2.17. The van der Waals surface area contributed by atoms with Gasteiger partial charge in [-0.3, -0.25) is 4.40 Å². The summed E-state index contributed by atoms with van der Waals surface area (Å²) in [4.78, 5) is 17.2. The molecule has 0 saturated carbocycles. The molecule has 9 nitrogen and oxygen atoms in total. The van der Waals surface area contributed by atoms with Crippen LogP contribution in [0.4, 0.5) is 0 Å². The number of imidazole rings is 1. The Labute approximate surface area is 176 Å². The van der Waals surface area contributed by atoms with Crippen molar-refractivity contribution in [1.82, 2.24) is 28.9 Å². The number of rotatable bonds is 4. The molecular weight excluding hydrogens is 396 g/mol. The Kier molecular flexibility index (Phi) is 4.20. The van der Waals surface area contributed by atoms with Crippen LogP contribution in [-0.2, 0) is 11.2 Å². The molecule has 1 fully saturated rings. The van der Waals surface area contributed by atoms with E-state index in [1.807, 2.05) is 34.9 Å². The number of nitrogens with zero attached hydrogens (tertiary/aromatic N) is 6. The normalized spacial score (nSPS) is 23.9. The SMILES string of the molecule is O[C@@H]1[C@H](O)[C@@H](CCc2ccc3c(c2)ncn2ccnc32)O[C@H]1n1ccc2cncnc21. The molecule has 6 rings (SSSR count). The number of hydrogen-bond acceptors (Lipinski definition) is 7. The van der Waals surface area contributed by atoms with Crippen LogP contribution < -0.4 is 0 Å². The van der Waals surface area contributed by atoms with Gasteiger partial charge in [0.2, 0.25) is 0 Å². The highest BCUT2D eigenvalue weighted by molar-refractivity contribution is 5.91. The Hall–Kier alpha value is -3.40. The number of aryl methyl sites for hydroxylation is 1. The molecule has 2 N–H and O–H groups in total. The van der Waals surface area contributed by atoms with E-state index in [0.717, 1.165) is 27.5 Å². The van der Waals surface area contributed by atoms with Gasteiger partial charge in [0.25, 0.3) is 0 Å². The summed E-state index contributed by atoms with van der Waals surface area (Å²) in [5, 5.41) is 23.1. The lowest BCUT2D eigenvalue weighted by molar-refractivity contribution is -0.0364. The maximum Gasteiger partial charge on any atom is 0.164 e. The lowest BCUT2D eigenvalue weighted by Crippen LogP contribution is -2.31. The molecule has 1 aliphatic heterocycles. The van der Waals surface area contributed by atoms with E-state index < -0.39 is 24.5 Å². The number of benzene rings is 1. The summed E-state index contributed by atoms with van der Waals surface area (Å²) in [5.74, 6) is 0. The van der Waals surface area contributed by atoms with Gasteiger partial charge < -0.3 is 19.5 Å². The number of ether oxygens (including phenoxy) is 1. The fourth-order valence-electron chi connectivity index (χ4n) is 4.38. The summed E-state index contributed by atoms with van der Waals surface area (Å²) in [6, 6.07) is 7.97. The number of aliphatic hydroxyl groups excluding tert-OH is 2. The summed E-state index contributed by atoms with van der Waals surface area (Å²) in [6.45, 7) is 0. The molecule has 0 bridgehead atoms. The molecule has 1 aliphatic rings. The van der Waals surface area contributed by atoms with Crippen LogP contribution in [0.2, 0.25) is 0 Å². The summed E-state index contributed by atoms with van der Waals surface area (Å²) < 4.78 is 9.71. The molecule has 0 aliphatic carbocycles. The molecule has 4 aromatic heterocycles. The number of hydrogen-bond donors (Lipinski definition) is 2. The summed E-state index contributed by atoms with van der Waals surface area (Å²) in [7, 11) is 0. The molecule has 5 heterocycles. The van der Waals surface area contributed by atoms with Crippen molar-refractivity contribution in [2.45, 2.75) is 37.4 Å². The molecule has 0 radical (unpaired) electrons. The second-order valence-corrected chi connectivity index (χ2v) is 7.86. The first-order chi connectivity index (χ1) is 15.2. The highest BCUT2D eigenvalue weighted by Crippen LogP contribution is 2.34. The first-order valence-electron chi connectivity index (χ1n) is 10.2. The zero-order valence-electron chi connectivity index (χ0n) is 16.5. The van der Waals surface area contributed by atoms with E-state index in [0.29, 0.717) is 18.5 Å². The Morgan fingerprint density at radius 1 is 1.00 bits per heavy atom. The smallest absolute Gasteiger partial charge is 0.164 e. The van der Waals surface area contributed by atoms with E-state index in [9.17, 15) is 10.2 Å². The van der Waals surface area contributed by atoms with Gasteiger partial charge in [-0.1, -0.05) is 6.07 Å². The molecule has 0 unspecified atom stereocenters. The first-order valence-corrected chi connectivity index (χ1v) is 10.2. The van der Waals surface area contributed by atoms with Crippen LogP contribution in [0.25, 0.3) is 27.6 Å². The van der Waals surface area contributed by atoms with Gasteiger partial charge in [-0.2, -0.15) is 0 Å². The molecular formula is C22H20N6O3. The van der Waals surface area contributed by atoms with Crippen LogP contribution in [0, 0.1) is 0 Å². The molecule has 31 heavy (non-hydrogen) atoms. The molecule has 1 aromatic carbocycles. The van der Waals surface area contributed by atoms with Gasteiger partial charge in [0, 0.05) is 35.6 Å². The number of fused-ring (bicyclic) bond motifs is 4. The fourth-order valence-corrected chi connectivity index (χ4v) is 4.38. The standard InChI is InChI=1S/C22H20N6O3/c29-18-17(31-22(19(18)30)28-7-5-14-10-23-11-25-20(14)28)4-2-13-1-3-15-16(9-13)26-12-27-8-6-24-21(15)27/h1,3,5-12,17-19,22,29-30H,2,4H2/t17-,18-,19-,22-/m1/s1. The fraction of sp³-hybridized carbons (Fsp3) is 0.273. The zero-order valence-corrected chi connectivity index (χ0v) is 16.5. The van der Waals surface area contributed by atoms with E-state index in [2.05, 4.69) is 19.9 Å². The van der Waals surface area contributed by atoms with Crippen LogP contribution in [0.1, 0.15) is 18.2 Å². The maximum atomic E-state index is 10.6. The minimum absolute atomic E-state index is 0.488. The van der Waals surface area contributed by atoms with E-state index in [1.54, 1.807) is 29.5 Å². The second-order valence-electron chi connectivity index (χ2n) is 7.86. The highest BCUT2D eigenvalue weighted by atomic mass is 16.6. The molecule has 1 saturated heterocycles. The minimum atomic E-state index is -1.04. The van der Waals surface area contributed by atoms with Crippen molar-refractivity contribution in [3.8, 4) is 0 Å². The van der Waals surface area contributed by atoms with E-state index in [-0.39, 0.29) is 0 Å². The predicted octanol–water partition coefficient (Wildman–Crippen LogP) is 1.88. The van der Waals surface area contributed by atoms with Crippen molar-refractivity contribution in [3.63, 3.8) is 0 Å². The second kappa shape index (κ2) is 7.09. The lowest BCUT2D eigenvalue weighted by atomic mass is 10.0. The zero-order chi connectivity index (χ0) is 20.9. The minimum Gasteiger partial charge on any atom is -0.388 e. The Morgan fingerprint density at radius 3 is 2.87 bits per heavy atom. The molecule has 5 aromatic rings. The Balaban J connectivity index is 1.21. The molecule has 9 heteroatoms. The van der Waals surface area contributed by atoms with Crippen molar-refractivity contribution >= 4 is 27.6 Å². The van der Waals surface area contributed by atoms with Crippen molar-refractivity contribution < 1.29 is 14.9 Å². The highest BCUT2D eigenvalue weighted by Gasteiger charge is 2.43. The quantitative estimate of drug-likeness (QED) is 0.460. The maximum absolute atomic E-state index is 10.6. The van der Waals surface area contributed by atoms with Gasteiger partial charge in [0.15, 0.2) is 6.23 Å². The average molecular weight is 416 g/mol.